The molecule has 2 rings (SSSR count). The van der Waals surface area contributed by atoms with Crippen molar-refractivity contribution in [3.63, 3.8) is 0 Å². The first-order valence-corrected chi connectivity index (χ1v) is 8.62. The van der Waals surface area contributed by atoms with Gasteiger partial charge in [0, 0.05) is 24.7 Å². The van der Waals surface area contributed by atoms with E-state index in [-0.39, 0.29) is 17.9 Å². The second kappa shape index (κ2) is 12.7. The number of hydrogen-bond donors (Lipinski definition) is 2. The summed E-state index contributed by atoms with van der Waals surface area (Å²) in [7, 11) is 0. The monoisotopic (exact) mass is 402 g/mol. The Balaban J connectivity index is 0.000000402. The summed E-state index contributed by atoms with van der Waals surface area (Å²) in [6.45, 7) is 4.60. The van der Waals surface area contributed by atoms with E-state index >= 15 is 0 Å². The third kappa shape index (κ3) is 11.1. The molecule has 0 fully saturated rings. The number of hydrogen-bond acceptors (Lipinski definition) is 4. The quantitative estimate of drug-likeness (QED) is 0.738. The molecule has 0 aromatic heterocycles. The predicted molar refractivity (Wildman–Crippen MR) is 98.3 cm³/mol. The summed E-state index contributed by atoms with van der Waals surface area (Å²) in [6, 6.07) is 10.6. The Morgan fingerprint density at radius 3 is 1.96 bits per heavy atom. The van der Waals surface area contributed by atoms with Crippen LogP contribution in [0, 0.1) is 0 Å². The Morgan fingerprint density at radius 2 is 1.61 bits per heavy atom. The highest BCUT2D eigenvalue weighted by Gasteiger charge is 2.38. The summed E-state index contributed by atoms with van der Waals surface area (Å²) in [5, 5.41) is 7.12. The van der Waals surface area contributed by atoms with Crippen molar-refractivity contribution in [3.8, 4) is 0 Å². The van der Waals surface area contributed by atoms with Crippen LogP contribution in [0.15, 0.2) is 42.5 Å². The van der Waals surface area contributed by atoms with Gasteiger partial charge in [0.2, 0.25) is 0 Å². The second-order valence-electron chi connectivity index (χ2n) is 5.98. The SMILES string of the molecule is CC(N)Cc1ccccc1.CCCCN1C(=O)C=CC1=O.O=C(O)C(F)(F)F. The minimum absolute atomic E-state index is 0.177. The molecule has 9 heteroatoms. The van der Waals surface area contributed by atoms with Crippen molar-refractivity contribution in [2.75, 3.05) is 6.54 Å². The lowest BCUT2D eigenvalue weighted by Gasteiger charge is -2.11. The van der Waals surface area contributed by atoms with Crippen LogP contribution in [0.4, 0.5) is 13.2 Å². The third-order valence-corrected chi connectivity index (χ3v) is 3.28. The van der Waals surface area contributed by atoms with Crippen LogP contribution in [0.25, 0.3) is 0 Å². The van der Waals surface area contributed by atoms with Crippen molar-refractivity contribution in [1.82, 2.24) is 4.90 Å². The van der Waals surface area contributed by atoms with E-state index in [2.05, 4.69) is 12.1 Å². The minimum Gasteiger partial charge on any atom is -0.475 e. The van der Waals surface area contributed by atoms with Gasteiger partial charge >= 0.3 is 12.1 Å². The molecule has 6 nitrogen and oxygen atoms in total. The molecule has 2 amide bonds. The van der Waals surface area contributed by atoms with Crippen molar-refractivity contribution >= 4 is 17.8 Å². The van der Waals surface area contributed by atoms with Crippen LogP contribution < -0.4 is 5.73 Å². The number of benzene rings is 1. The lowest BCUT2D eigenvalue weighted by atomic mass is 10.1. The summed E-state index contributed by atoms with van der Waals surface area (Å²) in [5.41, 5.74) is 6.94. The number of imide groups is 1. The number of unbranched alkanes of at least 4 members (excludes halogenated alkanes) is 1. The molecule has 1 aliphatic rings. The average Bonchev–Trinajstić information content (AvgIpc) is 2.92. The molecule has 0 saturated heterocycles. The molecule has 1 heterocycles. The molecule has 0 saturated carbocycles. The number of carbonyl (C=O) groups excluding carboxylic acids is 2. The second-order valence-corrected chi connectivity index (χ2v) is 5.98. The van der Waals surface area contributed by atoms with Crippen molar-refractivity contribution < 1.29 is 32.7 Å². The van der Waals surface area contributed by atoms with Gasteiger partial charge in [-0.25, -0.2) is 4.79 Å². The Labute approximate surface area is 161 Å². The highest BCUT2D eigenvalue weighted by molar-refractivity contribution is 6.12. The molecule has 1 aromatic rings. The highest BCUT2D eigenvalue weighted by atomic mass is 19.4. The van der Waals surface area contributed by atoms with Crippen LogP contribution in [0.5, 0.6) is 0 Å². The van der Waals surface area contributed by atoms with E-state index in [1.165, 1.54) is 22.6 Å². The van der Waals surface area contributed by atoms with Gasteiger partial charge < -0.3 is 10.8 Å². The van der Waals surface area contributed by atoms with Crippen LogP contribution in [0.1, 0.15) is 32.3 Å². The largest absolute Gasteiger partial charge is 0.490 e. The maximum Gasteiger partial charge on any atom is 0.490 e. The number of carbonyl (C=O) groups is 3. The first-order valence-electron chi connectivity index (χ1n) is 8.62. The molecule has 0 spiro atoms. The Kier molecular flexibility index (Phi) is 11.4. The zero-order valence-corrected chi connectivity index (χ0v) is 15.8. The Bertz CT molecular complexity index is 641. The number of aliphatic carboxylic acids is 1. The van der Waals surface area contributed by atoms with Crippen molar-refractivity contribution in [2.45, 2.75) is 45.3 Å². The van der Waals surface area contributed by atoms with Gasteiger partial charge in [-0.2, -0.15) is 13.2 Å². The van der Waals surface area contributed by atoms with Crippen molar-refractivity contribution in [2.24, 2.45) is 5.73 Å². The average molecular weight is 402 g/mol. The molecule has 0 radical (unpaired) electrons. The van der Waals surface area contributed by atoms with Gasteiger partial charge in [-0.15, -0.1) is 0 Å². The van der Waals surface area contributed by atoms with E-state index in [9.17, 15) is 22.8 Å². The van der Waals surface area contributed by atoms with Crippen molar-refractivity contribution in [3.05, 3.63) is 48.0 Å². The van der Waals surface area contributed by atoms with Gasteiger partial charge in [0.05, 0.1) is 0 Å². The lowest BCUT2D eigenvalue weighted by Crippen LogP contribution is -2.30. The fraction of sp³-hybridized carbons (Fsp3) is 0.421. The Morgan fingerprint density at radius 1 is 1.14 bits per heavy atom. The summed E-state index contributed by atoms with van der Waals surface area (Å²) < 4.78 is 31.7. The first kappa shape index (κ1) is 25.3. The molecular formula is C19H25F3N2O4. The van der Waals surface area contributed by atoms with Gasteiger partial charge in [0.25, 0.3) is 11.8 Å². The van der Waals surface area contributed by atoms with Gasteiger partial charge in [-0.3, -0.25) is 14.5 Å². The summed E-state index contributed by atoms with van der Waals surface area (Å²) >= 11 is 0. The van der Waals surface area contributed by atoms with E-state index in [0.717, 1.165) is 19.3 Å². The number of carboxylic acids is 1. The van der Waals surface area contributed by atoms with Crippen LogP contribution in [0.3, 0.4) is 0 Å². The van der Waals surface area contributed by atoms with Gasteiger partial charge in [0.15, 0.2) is 0 Å². The summed E-state index contributed by atoms with van der Waals surface area (Å²) in [4.78, 5) is 32.0. The number of alkyl halides is 3. The number of rotatable bonds is 5. The lowest BCUT2D eigenvalue weighted by molar-refractivity contribution is -0.192. The van der Waals surface area contributed by atoms with Crippen LogP contribution >= 0.6 is 0 Å². The molecule has 1 aromatic carbocycles. The zero-order chi connectivity index (χ0) is 21.7. The number of nitrogens with two attached hydrogens (primary N) is 1. The predicted octanol–water partition coefficient (Wildman–Crippen LogP) is 2.92. The molecule has 1 atom stereocenters. The van der Waals surface area contributed by atoms with E-state index in [4.69, 9.17) is 15.6 Å². The maximum absolute atomic E-state index is 10.9. The maximum atomic E-state index is 10.9. The Hall–Kier alpha value is -2.68. The van der Waals surface area contributed by atoms with Gasteiger partial charge in [0.1, 0.15) is 0 Å². The zero-order valence-electron chi connectivity index (χ0n) is 15.8. The third-order valence-electron chi connectivity index (χ3n) is 3.28. The molecule has 28 heavy (non-hydrogen) atoms. The van der Waals surface area contributed by atoms with E-state index < -0.39 is 12.1 Å². The number of carboxylic acid groups (broad SMARTS) is 1. The van der Waals surface area contributed by atoms with E-state index in [0.29, 0.717) is 6.54 Å². The molecule has 0 aliphatic carbocycles. The summed E-state index contributed by atoms with van der Waals surface area (Å²) in [6.07, 6.45) is 0.410. The fourth-order valence-electron chi connectivity index (χ4n) is 1.95. The molecule has 0 bridgehead atoms. The van der Waals surface area contributed by atoms with Gasteiger partial charge in [-0.1, -0.05) is 43.7 Å². The van der Waals surface area contributed by atoms with Crippen molar-refractivity contribution in [1.29, 1.82) is 0 Å². The summed E-state index contributed by atoms with van der Waals surface area (Å²) in [5.74, 6) is -3.11. The van der Waals surface area contributed by atoms with Crippen LogP contribution in [-0.4, -0.2) is 46.6 Å². The number of nitrogens with zero attached hydrogens (tertiary/aromatic N) is 1. The molecule has 3 N–H and O–H groups in total. The van der Waals surface area contributed by atoms with Crippen LogP contribution in [0.2, 0.25) is 0 Å². The van der Waals surface area contributed by atoms with Gasteiger partial charge in [-0.05, 0) is 25.3 Å². The first-order chi connectivity index (χ1) is 13.0. The van der Waals surface area contributed by atoms with E-state index in [1.54, 1.807) is 0 Å². The smallest absolute Gasteiger partial charge is 0.475 e. The van der Waals surface area contributed by atoms with Crippen LogP contribution in [-0.2, 0) is 20.8 Å². The molecular weight excluding hydrogens is 377 g/mol. The number of amides is 2. The molecule has 1 aliphatic heterocycles. The standard InChI is InChI=1S/C9H13N.C8H11NO2.C2HF3O2/c1-8(10)7-9-5-3-2-4-6-9;1-2-3-6-9-7(10)4-5-8(9)11;3-2(4,5)1(6)7/h2-6,8H,7,10H2,1H3;4-5H,2-3,6H2,1H3;(H,6,7). The topological polar surface area (TPSA) is 101 Å². The molecule has 156 valence electrons. The molecule has 1 unspecified atom stereocenters. The highest BCUT2D eigenvalue weighted by Crippen LogP contribution is 2.13. The normalized spacial score (nSPS) is 14.0. The van der Waals surface area contributed by atoms with E-state index in [1.807, 2.05) is 32.0 Å². The number of halogens is 3. The fourth-order valence-corrected chi connectivity index (χ4v) is 1.95. The minimum atomic E-state index is -5.08.